The zero-order valence-corrected chi connectivity index (χ0v) is 47.3. The van der Waals surface area contributed by atoms with E-state index in [0.717, 1.165) is 0 Å². The van der Waals surface area contributed by atoms with E-state index in [0.29, 0.717) is 0 Å². The Kier molecular flexibility index (Phi) is 304000. The molecule has 61 heavy (non-hydrogen) atoms. The Labute approximate surface area is 617 Å². The van der Waals surface area contributed by atoms with Gasteiger partial charge in [0.2, 0.25) is 0 Å². The van der Waals surface area contributed by atoms with Crippen LogP contribution in [0.15, 0.2) is 0 Å². The topological polar surface area (TPSA) is 0 Å². The summed E-state index contributed by atoms with van der Waals surface area (Å²) in [7, 11) is 0. The average Bonchev–Trinajstić information content (AvgIpc) is 0. The third-order valence-electron chi connectivity index (χ3n) is 0. The van der Waals surface area contributed by atoms with Crippen LogP contribution in [0.4, 0.5) is 0 Å². The summed E-state index contributed by atoms with van der Waals surface area (Å²) in [5.41, 5.74) is 0. The van der Waals surface area contributed by atoms with E-state index in [4.69, 9.17) is 0 Å². The Hall–Kier alpha value is 8.64. The van der Waals surface area contributed by atoms with Gasteiger partial charge in [-0.25, -0.2) is 0 Å². The quantitative estimate of drug-likeness (QED) is 0.218. The zero-order chi connectivity index (χ0) is 0. The van der Waals surface area contributed by atoms with Gasteiger partial charge in [0.25, 0.3) is 0 Å². The maximum atomic E-state index is 0. The summed E-state index contributed by atoms with van der Waals surface area (Å²) in [5.74, 6) is 0. The molecular weight excluding hydrogens is 720 g/mol. The molecule has 0 heterocycles. The molecule has 0 aromatic rings. The van der Waals surface area contributed by atoms with Crippen molar-refractivity contribution in [1.29, 1.82) is 0 Å². The van der Waals surface area contributed by atoms with Gasteiger partial charge in [0.1, 0.15) is 0 Å². The van der Waals surface area contributed by atoms with Crippen molar-refractivity contribution in [2.75, 3.05) is 0 Å². The second kappa shape index (κ2) is 4210. The molecule has 61 heteroatoms. The average molecular weight is 725 g/mol. The number of rotatable bonds is 0. The van der Waals surface area contributed by atoms with Crippen molar-refractivity contribution >= 4 is 471 Å². The van der Waals surface area contributed by atoms with Gasteiger partial charge in [0.05, 0.1) is 0 Å². The van der Waals surface area contributed by atoms with Crippen molar-refractivity contribution in [3.63, 3.8) is 0 Å². The van der Waals surface area contributed by atoms with Crippen molar-refractivity contribution in [2.24, 2.45) is 0 Å². The fourth-order valence-electron chi connectivity index (χ4n) is 0. The van der Waals surface area contributed by atoms with Crippen LogP contribution in [0.25, 0.3) is 0 Å². The third kappa shape index (κ3) is 4090. The summed E-state index contributed by atoms with van der Waals surface area (Å²) in [5, 5.41) is 0. The van der Waals surface area contributed by atoms with Crippen LogP contribution in [0, 0.1) is 0 Å². The van der Waals surface area contributed by atoms with Gasteiger partial charge in [-0.2, -0.15) is 0 Å². The van der Waals surface area contributed by atoms with Gasteiger partial charge < -0.3 is 7.13 Å². The Morgan fingerprint density at radius 2 is 0.0492 bits per heavy atom. The molecule has 0 aliphatic rings. The van der Waals surface area contributed by atoms with Gasteiger partial charge in [0, 0.05) is 471 Å². The predicted molar refractivity (Wildman–Crippen MR) is 328 cm³/mol. The SMILES string of the molecule is [B].[B].[B].[B].[B].[B].[B].[B].[B].[B].[B].[B].[B].[B].[B].[B].[B].[B].[B].[B].[B].[B].[B].[B].[B].[B].[B].[B].[B].[B].[B].[B].[B].[B].[B].[B].[B].[B].[B].[B].[B].[B].[B].[B].[B].[B].[B].[B].[B].[B].[B].[B].[B].[B].[B].[B].[H-].[H-].[H-].[H-].[H-].[Na+].[Na+].[Na+].[Na+].[Na+]. The van der Waals surface area contributed by atoms with Gasteiger partial charge in [0.15, 0.2) is 0 Å². The molecule has 0 nitrogen and oxygen atoms in total. The van der Waals surface area contributed by atoms with Crippen molar-refractivity contribution in [1.82, 2.24) is 0 Å². The molecule has 0 bridgehead atoms. The van der Waals surface area contributed by atoms with Crippen LogP contribution >= 0.6 is 0 Å². The van der Waals surface area contributed by atoms with Gasteiger partial charge in [-0.05, 0) is 0 Å². The molecule has 0 rings (SSSR count). The summed E-state index contributed by atoms with van der Waals surface area (Å²) in [6.07, 6.45) is 0. The molecular formula is H5B56Na5. The summed E-state index contributed by atoms with van der Waals surface area (Å²) in [4.78, 5) is 0. The maximum Gasteiger partial charge on any atom is 1.00 e. The van der Waals surface area contributed by atoms with Gasteiger partial charge in [-0.1, -0.05) is 0 Å². The second-order valence-electron chi connectivity index (χ2n) is 0. The first kappa shape index (κ1) is 4400. The molecule has 0 aromatic heterocycles. The number of hydrogen-bond donors (Lipinski definition) is 0. The van der Waals surface area contributed by atoms with Crippen LogP contribution < -0.4 is 148 Å². The van der Waals surface area contributed by atoms with E-state index in [9.17, 15) is 0 Å². The van der Waals surface area contributed by atoms with Crippen molar-refractivity contribution in [2.45, 2.75) is 0 Å². The monoisotopic (exact) mass is 737 g/mol. The third-order valence-corrected chi connectivity index (χ3v) is 0. The van der Waals surface area contributed by atoms with Crippen LogP contribution in [-0.4, -0.2) is 471 Å². The number of hydrogen-bond acceptors (Lipinski definition) is 0. The Balaban J connectivity index is 0. The summed E-state index contributed by atoms with van der Waals surface area (Å²) in [6, 6.07) is 0. The molecule has 0 aliphatic carbocycles. The first-order chi connectivity index (χ1) is 0. The van der Waals surface area contributed by atoms with E-state index in [-0.39, 0.29) is 626 Å². The van der Waals surface area contributed by atoms with Gasteiger partial charge in [-0.3, -0.25) is 0 Å². The molecule has 168 radical (unpaired) electrons. The first-order valence-electron chi connectivity index (χ1n) is 0. The van der Waals surface area contributed by atoms with Gasteiger partial charge in [-0.15, -0.1) is 0 Å². The van der Waals surface area contributed by atoms with Crippen LogP contribution in [-0.2, 0) is 0 Å². The molecule has 0 aliphatic heterocycles. The Bertz CT molecular complexity index is 50.5. The Morgan fingerprint density at radius 3 is 0.0492 bits per heavy atom. The van der Waals surface area contributed by atoms with Crippen LogP contribution in [0.2, 0.25) is 0 Å². The van der Waals surface area contributed by atoms with Gasteiger partial charge >= 0.3 is 148 Å². The van der Waals surface area contributed by atoms with E-state index in [1.54, 1.807) is 0 Å². The minimum atomic E-state index is 0. The molecule has 0 amide bonds. The van der Waals surface area contributed by atoms with Crippen molar-refractivity contribution in [3.8, 4) is 0 Å². The van der Waals surface area contributed by atoms with Crippen LogP contribution in [0.3, 0.4) is 0 Å². The molecule has 0 saturated carbocycles. The molecule has 0 N–H and O–H groups in total. The molecule has 0 aromatic carbocycles. The summed E-state index contributed by atoms with van der Waals surface area (Å²) >= 11 is 0. The second-order valence-corrected chi connectivity index (χ2v) is 0. The minimum absolute atomic E-state index is 0. The molecule has 0 unspecified atom stereocenters. The van der Waals surface area contributed by atoms with Crippen LogP contribution in [0.1, 0.15) is 7.13 Å². The van der Waals surface area contributed by atoms with Crippen LogP contribution in [0.5, 0.6) is 0 Å². The molecule has 0 atom stereocenters. The van der Waals surface area contributed by atoms with E-state index in [2.05, 4.69) is 0 Å². The van der Waals surface area contributed by atoms with Crippen molar-refractivity contribution < 1.29 is 155 Å². The Morgan fingerprint density at radius 1 is 0.0492 bits per heavy atom. The van der Waals surface area contributed by atoms with Crippen molar-refractivity contribution in [3.05, 3.63) is 0 Å². The van der Waals surface area contributed by atoms with E-state index in [1.165, 1.54) is 0 Å². The molecule has 0 fully saturated rings. The largest absolute Gasteiger partial charge is 1.00 e. The standard InChI is InChI=1S/56B.5Na.5H/q;;;;;;;;;;;;;;;;;;;;;;;;;;;;;;;;;;;;;;;;;;;;;;;;;;;;;;;;5*+1;5*-1. The normalized spacial score (nSPS) is 0. The fraction of sp³-hybridized carbons (Fsp3) is 0. The van der Waals surface area contributed by atoms with E-state index in [1.807, 2.05) is 0 Å². The minimum Gasteiger partial charge on any atom is -1.00 e. The molecule has 178 valence electrons. The molecule has 0 spiro atoms. The van der Waals surface area contributed by atoms with E-state index >= 15 is 0 Å². The predicted octanol–water partition coefficient (Wildman–Crippen LogP) is -35.7. The zero-order valence-electron chi connectivity index (χ0n) is 42.3. The summed E-state index contributed by atoms with van der Waals surface area (Å²) in [6.45, 7) is 0. The first-order valence-corrected chi connectivity index (χ1v) is 0. The maximum absolute atomic E-state index is 0. The fourth-order valence-corrected chi connectivity index (χ4v) is 0. The summed E-state index contributed by atoms with van der Waals surface area (Å²) < 4.78 is 0. The smallest absolute Gasteiger partial charge is 1.00 e. The molecule has 0 saturated heterocycles. The van der Waals surface area contributed by atoms with E-state index < -0.39 is 0 Å².